The van der Waals surface area contributed by atoms with E-state index in [0.29, 0.717) is 24.8 Å². The fourth-order valence-electron chi connectivity index (χ4n) is 6.51. The number of carboxylic acids is 1. The minimum absolute atomic E-state index is 0.0935. The predicted octanol–water partition coefficient (Wildman–Crippen LogP) is 3.57. The van der Waals surface area contributed by atoms with Gasteiger partial charge in [-0.25, -0.2) is 13.2 Å². The third kappa shape index (κ3) is 7.69. The number of nitrogens with zero attached hydrogens (tertiary/aromatic N) is 3. The zero-order valence-electron chi connectivity index (χ0n) is 25.7. The van der Waals surface area contributed by atoms with Crippen LogP contribution >= 0.6 is 0 Å². The second-order valence-corrected chi connectivity index (χ2v) is 14.1. The van der Waals surface area contributed by atoms with Crippen molar-refractivity contribution in [1.29, 1.82) is 0 Å². The molecule has 3 aromatic carbocycles. The molecule has 0 aromatic heterocycles. The van der Waals surface area contributed by atoms with Crippen LogP contribution in [0.25, 0.3) is 0 Å². The molecule has 4 heterocycles. The molecule has 46 heavy (non-hydrogen) atoms. The topological polar surface area (TPSA) is 129 Å². The van der Waals surface area contributed by atoms with Crippen molar-refractivity contribution in [1.82, 2.24) is 19.4 Å². The molecule has 2 atom stereocenters. The lowest BCUT2D eigenvalue weighted by molar-refractivity contribution is -0.138. The maximum Gasteiger partial charge on any atom is 0.408 e. The van der Waals surface area contributed by atoms with Crippen molar-refractivity contribution < 1.29 is 32.6 Å². The molecule has 4 saturated heterocycles. The maximum atomic E-state index is 13.2. The van der Waals surface area contributed by atoms with Gasteiger partial charge in [-0.05, 0) is 72.8 Å². The fourth-order valence-corrected chi connectivity index (χ4v) is 7.94. The summed E-state index contributed by atoms with van der Waals surface area (Å²) >= 11 is 0. The van der Waals surface area contributed by atoms with Crippen molar-refractivity contribution in [2.24, 2.45) is 5.92 Å². The molecule has 2 N–H and O–H groups in total. The number of carbonyl (C=O) groups is 2. The van der Waals surface area contributed by atoms with E-state index >= 15 is 0 Å². The van der Waals surface area contributed by atoms with Gasteiger partial charge in [-0.2, -0.15) is 4.31 Å². The van der Waals surface area contributed by atoms with Gasteiger partial charge in [0.15, 0.2) is 0 Å². The molecule has 0 aliphatic carbocycles. The SMILES string of the molecule is O=C(O)CN1CCN(S(=O)(=O)c2ccc(COc3cccc([C@@H](NC(=O)O[C@H]4CN5CCC4CC5)c4ccccc4)c3)cc2)CC1. The summed E-state index contributed by atoms with van der Waals surface area (Å²) in [5, 5.41) is 12.1. The van der Waals surface area contributed by atoms with Gasteiger partial charge in [0.05, 0.1) is 17.5 Å². The molecule has 3 aromatic rings. The standard InChI is InChI=1S/C34H40N4O7S/c39-32(40)23-37-17-19-38(20-18-37)46(42,43)30-11-9-25(10-12-30)24-44-29-8-4-7-28(21-29)33(27-5-2-1-3-6-27)35-34(41)45-31-22-36-15-13-26(31)14-16-36/h1-12,21,26,31,33H,13-20,22-24H2,(H,35,41)(H,39,40)/t31-,33-/m0/s1. The summed E-state index contributed by atoms with van der Waals surface area (Å²) in [5.41, 5.74) is 2.57. The molecule has 0 saturated carbocycles. The number of carbonyl (C=O) groups excluding carboxylic acids is 1. The number of hydrogen-bond donors (Lipinski definition) is 2. The zero-order chi connectivity index (χ0) is 32.1. The Balaban J connectivity index is 1.08. The number of hydrogen-bond acceptors (Lipinski definition) is 8. The quantitative estimate of drug-likeness (QED) is 0.321. The fraction of sp³-hybridized carbons (Fsp3) is 0.412. The molecule has 12 heteroatoms. The Hall–Kier alpha value is -3.97. The Kier molecular flexibility index (Phi) is 9.88. The molecule has 1 amide bonds. The lowest BCUT2D eigenvalue weighted by Gasteiger charge is -2.43. The smallest absolute Gasteiger partial charge is 0.408 e. The average molecular weight is 649 g/mol. The van der Waals surface area contributed by atoms with E-state index in [2.05, 4.69) is 10.2 Å². The first-order valence-electron chi connectivity index (χ1n) is 15.7. The second-order valence-electron chi connectivity index (χ2n) is 12.1. The van der Waals surface area contributed by atoms with Crippen molar-refractivity contribution in [3.05, 3.63) is 95.6 Å². The zero-order valence-corrected chi connectivity index (χ0v) is 26.5. The summed E-state index contributed by atoms with van der Waals surface area (Å²) in [6, 6.07) is 23.5. The normalized spacial score (nSPS) is 22.6. The minimum Gasteiger partial charge on any atom is -0.489 e. The summed E-state index contributed by atoms with van der Waals surface area (Å²) in [7, 11) is -3.69. The Bertz CT molecular complexity index is 1600. The molecular weight excluding hydrogens is 608 g/mol. The van der Waals surface area contributed by atoms with E-state index < -0.39 is 28.1 Å². The molecule has 4 aliphatic rings. The van der Waals surface area contributed by atoms with Crippen LogP contribution in [-0.2, 0) is 26.2 Å². The molecular formula is C34H40N4O7S. The highest BCUT2D eigenvalue weighted by Crippen LogP contribution is 2.31. The molecule has 2 bridgehead atoms. The van der Waals surface area contributed by atoms with Crippen molar-refractivity contribution in [2.45, 2.75) is 36.5 Å². The molecule has 4 fully saturated rings. The lowest BCUT2D eigenvalue weighted by Crippen LogP contribution is -2.52. The van der Waals surface area contributed by atoms with Gasteiger partial charge in [-0.3, -0.25) is 14.6 Å². The van der Waals surface area contributed by atoms with Crippen molar-refractivity contribution >= 4 is 22.1 Å². The number of ether oxygens (including phenoxy) is 2. The van der Waals surface area contributed by atoms with Gasteiger partial charge in [0, 0.05) is 32.7 Å². The monoisotopic (exact) mass is 648 g/mol. The minimum atomic E-state index is -3.69. The number of fused-ring (bicyclic) bond motifs is 3. The van der Waals surface area contributed by atoms with Crippen LogP contribution in [0.2, 0.25) is 0 Å². The largest absolute Gasteiger partial charge is 0.489 e. The lowest BCUT2D eigenvalue weighted by atomic mass is 9.86. The van der Waals surface area contributed by atoms with Gasteiger partial charge in [-0.1, -0.05) is 54.6 Å². The highest BCUT2D eigenvalue weighted by molar-refractivity contribution is 7.89. The van der Waals surface area contributed by atoms with Crippen LogP contribution < -0.4 is 10.1 Å². The Labute approximate surface area is 269 Å². The van der Waals surface area contributed by atoms with E-state index in [4.69, 9.17) is 14.6 Å². The Morgan fingerprint density at radius 3 is 2.22 bits per heavy atom. The number of aliphatic carboxylic acids is 1. The van der Waals surface area contributed by atoms with E-state index in [9.17, 15) is 18.0 Å². The van der Waals surface area contributed by atoms with E-state index in [1.807, 2.05) is 54.6 Å². The number of piperidine rings is 3. The first-order valence-corrected chi connectivity index (χ1v) is 17.2. The summed E-state index contributed by atoms with van der Waals surface area (Å²) < 4.78 is 39.8. The van der Waals surface area contributed by atoms with Crippen LogP contribution in [0.15, 0.2) is 83.8 Å². The van der Waals surface area contributed by atoms with Gasteiger partial charge < -0.3 is 19.9 Å². The number of sulfonamides is 1. The average Bonchev–Trinajstić information content (AvgIpc) is 3.07. The Morgan fingerprint density at radius 2 is 1.57 bits per heavy atom. The summed E-state index contributed by atoms with van der Waals surface area (Å²) in [5.74, 6) is 0.105. The number of benzene rings is 3. The molecule has 0 radical (unpaired) electrons. The molecule has 7 rings (SSSR count). The Morgan fingerprint density at radius 1 is 0.870 bits per heavy atom. The van der Waals surface area contributed by atoms with Gasteiger partial charge in [-0.15, -0.1) is 0 Å². The van der Waals surface area contributed by atoms with Crippen LogP contribution in [-0.4, -0.2) is 98.2 Å². The van der Waals surface area contributed by atoms with Crippen LogP contribution in [0, 0.1) is 5.92 Å². The summed E-state index contributed by atoms with van der Waals surface area (Å²) in [6.45, 7) is 4.30. The molecule has 0 unspecified atom stereocenters. The number of piperazine rings is 1. The van der Waals surface area contributed by atoms with Crippen LogP contribution in [0.1, 0.15) is 35.6 Å². The summed E-state index contributed by atoms with van der Waals surface area (Å²) in [4.78, 5) is 28.4. The third-order valence-corrected chi connectivity index (χ3v) is 11.0. The van der Waals surface area contributed by atoms with E-state index in [-0.39, 0.29) is 37.2 Å². The number of carboxylic acid groups (broad SMARTS) is 1. The number of rotatable bonds is 11. The van der Waals surface area contributed by atoms with E-state index in [0.717, 1.165) is 49.2 Å². The maximum absolute atomic E-state index is 13.2. The first kappa shape index (κ1) is 32.0. The first-order chi connectivity index (χ1) is 22.2. The molecule has 11 nitrogen and oxygen atoms in total. The van der Waals surface area contributed by atoms with E-state index in [1.54, 1.807) is 29.2 Å². The number of nitrogens with one attached hydrogen (secondary N) is 1. The third-order valence-electron chi connectivity index (χ3n) is 9.10. The van der Waals surface area contributed by atoms with Gasteiger partial charge in [0.25, 0.3) is 0 Å². The van der Waals surface area contributed by atoms with Gasteiger partial charge in [0.2, 0.25) is 10.0 Å². The number of alkyl carbamates (subject to hydrolysis) is 1. The van der Waals surface area contributed by atoms with Crippen molar-refractivity contribution in [3.63, 3.8) is 0 Å². The summed E-state index contributed by atoms with van der Waals surface area (Å²) in [6.07, 6.45) is 1.59. The molecule has 244 valence electrons. The van der Waals surface area contributed by atoms with Crippen molar-refractivity contribution in [3.8, 4) is 5.75 Å². The van der Waals surface area contributed by atoms with Gasteiger partial charge in [0.1, 0.15) is 18.5 Å². The molecule has 4 aliphatic heterocycles. The van der Waals surface area contributed by atoms with E-state index in [1.165, 1.54) is 4.31 Å². The van der Waals surface area contributed by atoms with Gasteiger partial charge >= 0.3 is 12.1 Å². The molecule has 0 spiro atoms. The predicted molar refractivity (Wildman–Crippen MR) is 171 cm³/mol. The van der Waals surface area contributed by atoms with Crippen molar-refractivity contribution in [2.75, 3.05) is 52.4 Å². The second kappa shape index (κ2) is 14.2. The van der Waals surface area contributed by atoms with Crippen LogP contribution in [0.5, 0.6) is 5.75 Å². The number of amides is 1. The highest BCUT2D eigenvalue weighted by Gasteiger charge is 2.37. The van der Waals surface area contributed by atoms with Crippen LogP contribution in [0.3, 0.4) is 0 Å². The highest BCUT2D eigenvalue weighted by atomic mass is 32.2. The van der Waals surface area contributed by atoms with Crippen LogP contribution in [0.4, 0.5) is 4.79 Å².